The van der Waals surface area contributed by atoms with Crippen molar-refractivity contribution in [1.29, 1.82) is 0 Å². The molecule has 4 N–H and O–H groups in total. The lowest BCUT2D eigenvalue weighted by Gasteiger charge is -2.09. The maximum Gasteiger partial charge on any atom is 0.0701 e. The van der Waals surface area contributed by atoms with E-state index >= 15 is 0 Å². The standard InChI is InChI=1S/C8H20N2O2/c1-2-8(10)7-12-6-5-11-4-3-9/h8H,2-7,9-10H2,1H3. The summed E-state index contributed by atoms with van der Waals surface area (Å²) in [6, 6.07) is 0.152. The summed E-state index contributed by atoms with van der Waals surface area (Å²) in [5.74, 6) is 0. The molecule has 0 fully saturated rings. The summed E-state index contributed by atoms with van der Waals surface area (Å²) in [5, 5.41) is 0. The average Bonchev–Trinajstić information content (AvgIpc) is 2.10. The minimum Gasteiger partial charge on any atom is -0.378 e. The lowest BCUT2D eigenvalue weighted by Crippen LogP contribution is -2.26. The fraction of sp³-hybridized carbons (Fsp3) is 1.00. The Kier molecular flexibility index (Phi) is 8.81. The van der Waals surface area contributed by atoms with E-state index in [0.29, 0.717) is 33.0 Å². The molecule has 0 aromatic rings. The van der Waals surface area contributed by atoms with Crippen molar-refractivity contribution >= 4 is 0 Å². The van der Waals surface area contributed by atoms with Crippen molar-refractivity contribution < 1.29 is 9.47 Å². The van der Waals surface area contributed by atoms with Crippen LogP contribution in [0, 0.1) is 0 Å². The van der Waals surface area contributed by atoms with Crippen molar-refractivity contribution in [1.82, 2.24) is 0 Å². The van der Waals surface area contributed by atoms with Crippen LogP contribution < -0.4 is 11.5 Å². The second-order valence-corrected chi connectivity index (χ2v) is 2.64. The minimum atomic E-state index is 0.152. The van der Waals surface area contributed by atoms with Gasteiger partial charge in [0.25, 0.3) is 0 Å². The Morgan fingerprint density at radius 3 is 2.42 bits per heavy atom. The monoisotopic (exact) mass is 176 g/mol. The SMILES string of the molecule is CCC(N)COCCOCCN. The van der Waals surface area contributed by atoms with E-state index in [2.05, 4.69) is 0 Å². The highest BCUT2D eigenvalue weighted by molar-refractivity contribution is 4.54. The molecule has 4 heteroatoms. The fourth-order valence-electron chi connectivity index (χ4n) is 0.656. The van der Waals surface area contributed by atoms with Crippen molar-refractivity contribution in [2.75, 3.05) is 33.0 Å². The van der Waals surface area contributed by atoms with Gasteiger partial charge < -0.3 is 20.9 Å². The first kappa shape index (κ1) is 11.8. The van der Waals surface area contributed by atoms with Crippen LogP contribution in [0.15, 0.2) is 0 Å². The van der Waals surface area contributed by atoms with E-state index in [9.17, 15) is 0 Å². The van der Waals surface area contributed by atoms with Crippen LogP contribution in [0.1, 0.15) is 13.3 Å². The van der Waals surface area contributed by atoms with Gasteiger partial charge in [-0.25, -0.2) is 0 Å². The quantitative estimate of drug-likeness (QED) is 0.499. The van der Waals surface area contributed by atoms with E-state index in [1.165, 1.54) is 0 Å². The second kappa shape index (κ2) is 8.93. The molecule has 0 saturated carbocycles. The molecule has 1 unspecified atom stereocenters. The first-order chi connectivity index (χ1) is 5.81. The van der Waals surface area contributed by atoms with Crippen molar-refractivity contribution in [2.24, 2.45) is 11.5 Å². The van der Waals surface area contributed by atoms with Gasteiger partial charge in [0.2, 0.25) is 0 Å². The molecule has 0 spiro atoms. The van der Waals surface area contributed by atoms with Crippen LogP contribution in [0.3, 0.4) is 0 Å². The third kappa shape index (κ3) is 7.94. The maximum absolute atomic E-state index is 5.63. The molecule has 0 bridgehead atoms. The van der Waals surface area contributed by atoms with Gasteiger partial charge in [-0.3, -0.25) is 0 Å². The van der Waals surface area contributed by atoms with E-state index < -0.39 is 0 Å². The molecule has 0 aliphatic heterocycles. The minimum absolute atomic E-state index is 0.152. The van der Waals surface area contributed by atoms with Gasteiger partial charge in [0.15, 0.2) is 0 Å². The van der Waals surface area contributed by atoms with Gasteiger partial charge >= 0.3 is 0 Å². The largest absolute Gasteiger partial charge is 0.378 e. The summed E-state index contributed by atoms with van der Waals surface area (Å²) in [6.45, 7) is 5.03. The van der Waals surface area contributed by atoms with Gasteiger partial charge in [-0.1, -0.05) is 6.92 Å². The predicted molar refractivity (Wildman–Crippen MR) is 49.0 cm³/mol. The molecule has 0 aromatic heterocycles. The van der Waals surface area contributed by atoms with E-state index in [1.807, 2.05) is 6.92 Å². The normalized spacial score (nSPS) is 13.2. The summed E-state index contributed by atoms with van der Waals surface area (Å²) >= 11 is 0. The molecule has 0 rings (SSSR count). The lowest BCUT2D eigenvalue weighted by atomic mass is 10.3. The summed E-state index contributed by atoms with van der Waals surface area (Å²) in [7, 11) is 0. The number of hydrogen-bond acceptors (Lipinski definition) is 4. The molecular weight excluding hydrogens is 156 g/mol. The average molecular weight is 176 g/mol. The Labute approximate surface area is 74.2 Å². The van der Waals surface area contributed by atoms with Crippen LogP contribution in [-0.4, -0.2) is 39.0 Å². The van der Waals surface area contributed by atoms with Crippen molar-refractivity contribution in [2.45, 2.75) is 19.4 Å². The zero-order valence-electron chi connectivity index (χ0n) is 7.79. The van der Waals surface area contributed by atoms with E-state index in [-0.39, 0.29) is 6.04 Å². The van der Waals surface area contributed by atoms with Gasteiger partial charge in [0.1, 0.15) is 0 Å². The number of rotatable bonds is 8. The van der Waals surface area contributed by atoms with Crippen molar-refractivity contribution in [3.63, 3.8) is 0 Å². The molecule has 74 valence electrons. The van der Waals surface area contributed by atoms with E-state index in [4.69, 9.17) is 20.9 Å². The molecule has 0 amide bonds. The molecular formula is C8H20N2O2. The summed E-state index contributed by atoms with van der Waals surface area (Å²) in [6.07, 6.45) is 0.948. The molecule has 0 aliphatic carbocycles. The van der Waals surface area contributed by atoms with E-state index in [0.717, 1.165) is 6.42 Å². The topological polar surface area (TPSA) is 70.5 Å². The van der Waals surface area contributed by atoms with Gasteiger partial charge in [0.05, 0.1) is 26.4 Å². The Morgan fingerprint density at radius 1 is 1.17 bits per heavy atom. The van der Waals surface area contributed by atoms with Crippen LogP contribution >= 0.6 is 0 Å². The van der Waals surface area contributed by atoms with E-state index in [1.54, 1.807) is 0 Å². The van der Waals surface area contributed by atoms with Crippen LogP contribution in [0.2, 0.25) is 0 Å². The smallest absolute Gasteiger partial charge is 0.0701 e. The van der Waals surface area contributed by atoms with Gasteiger partial charge in [-0.15, -0.1) is 0 Å². The van der Waals surface area contributed by atoms with Crippen LogP contribution in [0.5, 0.6) is 0 Å². The number of hydrogen-bond donors (Lipinski definition) is 2. The first-order valence-electron chi connectivity index (χ1n) is 4.42. The van der Waals surface area contributed by atoms with Gasteiger partial charge in [0, 0.05) is 12.6 Å². The predicted octanol–water partition coefficient (Wildman–Crippen LogP) is -0.284. The maximum atomic E-state index is 5.63. The summed E-state index contributed by atoms with van der Waals surface area (Å²) < 4.78 is 10.3. The Morgan fingerprint density at radius 2 is 1.83 bits per heavy atom. The third-order valence-electron chi connectivity index (χ3n) is 1.49. The molecule has 4 nitrogen and oxygen atoms in total. The molecule has 1 atom stereocenters. The number of nitrogens with two attached hydrogens (primary N) is 2. The highest BCUT2D eigenvalue weighted by atomic mass is 16.5. The molecule has 0 radical (unpaired) electrons. The summed E-state index contributed by atoms with van der Waals surface area (Å²) in [5.41, 5.74) is 10.9. The Bertz CT molecular complexity index is 91.1. The van der Waals surface area contributed by atoms with Crippen LogP contribution in [0.4, 0.5) is 0 Å². The van der Waals surface area contributed by atoms with Crippen molar-refractivity contribution in [3.8, 4) is 0 Å². The van der Waals surface area contributed by atoms with Gasteiger partial charge in [-0.05, 0) is 6.42 Å². The van der Waals surface area contributed by atoms with Crippen molar-refractivity contribution in [3.05, 3.63) is 0 Å². The summed E-state index contributed by atoms with van der Waals surface area (Å²) in [4.78, 5) is 0. The zero-order valence-corrected chi connectivity index (χ0v) is 7.79. The highest BCUT2D eigenvalue weighted by Gasteiger charge is 1.97. The third-order valence-corrected chi connectivity index (χ3v) is 1.49. The zero-order chi connectivity index (χ0) is 9.23. The molecule has 0 aromatic carbocycles. The first-order valence-corrected chi connectivity index (χ1v) is 4.42. The second-order valence-electron chi connectivity index (χ2n) is 2.64. The molecule has 0 heterocycles. The van der Waals surface area contributed by atoms with Crippen LogP contribution in [-0.2, 0) is 9.47 Å². The molecule has 0 saturated heterocycles. The highest BCUT2D eigenvalue weighted by Crippen LogP contribution is 1.87. The molecule has 12 heavy (non-hydrogen) atoms. The van der Waals surface area contributed by atoms with Gasteiger partial charge in [-0.2, -0.15) is 0 Å². The Balaban J connectivity index is 2.90. The molecule has 0 aliphatic rings. The van der Waals surface area contributed by atoms with Crippen LogP contribution in [0.25, 0.3) is 0 Å². The lowest BCUT2D eigenvalue weighted by molar-refractivity contribution is 0.0451. The fourth-order valence-corrected chi connectivity index (χ4v) is 0.656. The number of ether oxygens (including phenoxy) is 2. The Hall–Kier alpha value is -0.160.